The van der Waals surface area contributed by atoms with Gasteiger partial charge in [0.1, 0.15) is 10.9 Å². The molecule has 1 aliphatic rings. The van der Waals surface area contributed by atoms with Crippen LogP contribution in [-0.4, -0.2) is 28.7 Å². The van der Waals surface area contributed by atoms with E-state index in [0.29, 0.717) is 11.1 Å². The van der Waals surface area contributed by atoms with Crippen LogP contribution in [0.4, 0.5) is 0 Å². The molecule has 0 fully saturated rings. The van der Waals surface area contributed by atoms with E-state index < -0.39 is 26.7 Å². The molecule has 5 nitrogen and oxygen atoms in total. The van der Waals surface area contributed by atoms with Crippen LogP contribution < -0.4 is 0 Å². The number of para-hydroxylation sites is 2. The zero-order valence-corrected chi connectivity index (χ0v) is 14.2. The quantitative estimate of drug-likeness (QED) is 0.738. The van der Waals surface area contributed by atoms with Crippen LogP contribution >= 0.6 is 0 Å². The maximum atomic E-state index is 13.3. The fourth-order valence-electron chi connectivity index (χ4n) is 3.64. The minimum atomic E-state index is -3.84. The van der Waals surface area contributed by atoms with Gasteiger partial charge < -0.3 is 9.67 Å². The van der Waals surface area contributed by atoms with Crippen molar-refractivity contribution in [2.45, 2.75) is 35.9 Å². The van der Waals surface area contributed by atoms with E-state index in [4.69, 9.17) is 0 Å². The topological polar surface area (TPSA) is 72.2 Å². The second-order valence-corrected chi connectivity index (χ2v) is 8.42. The zero-order valence-electron chi connectivity index (χ0n) is 13.4. The summed E-state index contributed by atoms with van der Waals surface area (Å²) in [6.45, 7) is 3.42. The number of nitrogens with zero attached hydrogens (tertiary/aromatic N) is 2. The smallest absolute Gasteiger partial charge is 0.229 e. The zero-order chi connectivity index (χ0) is 17.1. The number of hydrogen-bond donors (Lipinski definition) is 1. The Hall–Kier alpha value is -2.18. The molecular weight excluding hydrogens is 324 g/mol. The molecule has 24 heavy (non-hydrogen) atoms. The first-order chi connectivity index (χ1) is 11.3. The summed E-state index contributed by atoms with van der Waals surface area (Å²) in [5.74, 6) is 0. The molecule has 2 heterocycles. The SMILES string of the molecule is C[C@H]1n2c(nc3ccccc32)S(=O)(=O)[C@@H](c2ccccc2)[C@]1(C)O. The molecule has 124 valence electrons. The fourth-order valence-corrected chi connectivity index (χ4v) is 5.95. The standard InChI is InChI=1S/C18H18N2O3S/c1-12-18(2,21)16(13-8-4-3-5-9-13)24(22,23)17-19-14-10-6-7-11-15(14)20(12)17/h3-12,16,21H,1-2H3/t12-,16+,18-/m1/s1. The van der Waals surface area contributed by atoms with Crippen LogP contribution in [0.1, 0.15) is 30.7 Å². The third-order valence-corrected chi connectivity index (χ3v) is 7.16. The molecule has 2 aromatic carbocycles. The number of hydrogen-bond acceptors (Lipinski definition) is 4. The highest BCUT2D eigenvalue weighted by molar-refractivity contribution is 7.91. The second kappa shape index (κ2) is 4.91. The maximum Gasteiger partial charge on any atom is 0.229 e. The Labute approximate surface area is 140 Å². The molecule has 0 bridgehead atoms. The van der Waals surface area contributed by atoms with Crippen LogP contribution in [0.5, 0.6) is 0 Å². The number of imidazole rings is 1. The van der Waals surface area contributed by atoms with Gasteiger partial charge in [-0.3, -0.25) is 0 Å². The van der Waals surface area contributed by atoms with Crippen molar-refractivity contribution in [3.8, 4) is 0 Å². The molecule has 0 radical (unpaired) electrons. The number of benzene rings is 2. The van der Waals surface area contributed by atoms with E-state index in [9.17, 15) is 13.5 Å². The lowest BCUT2D eigenvalue weighted by molar-refractivity contribution is -0.000609. The van der Waals surface area contributed by atoms with Crippen LogP contribution in [0.15, 0.2) is 59.8 Å². The third-order valence-electron chi connectivity index (χ3n) is 4.99. The highest BCUT2D eigenvalue weighted by Crippen LogP contribution is 2.48. The Balaban J connectivity index is 2.07. The summed E-state index contributed by atoms with van der Waals surface area (Å²) in [7, 11) is -3.84. The fraction of sp³-hybridized carbons (Fsp3) is 0.278. The van der Waals surface area contributed by atoms with Gasteiger partial charge >= 0.3 is 0 Å². The number of aliphatic hydroxyl groups is 1. The predicted octanol–water partition coefficient (Wildman–Crippen LogP) is 2.88. The molecule has 3 aromatic rings. The molecule has 4 rings (SSSR count). The average molecular weight is 342 g/mol. The second-order valence-electron chi connectivity index (χ2n) is 6.49. The summed E-state index contributed by atoms with van der Waals surface area (Å²) in [4.78, 5) is 4.36. The molecule has 1 aromatic heterocycles. The number of fused-ring (bicyclic) bond motifs is 3. The Kier molecular flexibility index (Phi) is 3.14. The van der Waals surface area contributed by atoms with E-state index in [0.717, 1.165) is 5.52 Å². The molecule has 0 saturated carbocycles. The van der Waals surface area contributed by atoms with E-state index in [1.54, 1.807) is 41.8 Å². The van der Waals surface area contributed by atoms with Crippen LogP contribution in [0.25, 0.3) is 11.0 Å². The molecule has 0 unspecified atom stereocenters. The molecule has 0 aliphatic carbocycles. The van der Waals surface area contributed by atoms with E-state index in [2.05, 4.69) is 4.98 Å². The first-order valence-electron chi connectivity index (χ1n) is 7.83. The molecule has 6 heteroatoms. The lowest BCUT2D eigenvalue weighted by atomic mass is 9.88. The van der Waals surface area contributed by atoms with Crippen molar-refractivity contribution in [3.05, 3.63) is 60.2 Å². The van der Waals surface area contributed by atoms with Gasteiger partial charge in [-0.2, -0.15) is 0 Å². The monoisotopic (exact) mass is 342 g/mol. The normalized spacial score (nSPS) is 28.6. The maximum absolute atomic E-state index is 13.3. The lowest BCUT2D eigenvalue weighted by Gasteiger charge is -2.42. The Morgan fingerprint density at radius 3 is 2.42 bits per heavy atom. The molecule has 3 atom stereocenters. The van der Waals surface area contributed by atoms with Gasteiger partial charge in [-0.1, -0.05) is 42.5 Å². The van der Waals surface area contributed by atoms with E-state index in [1.165, 1.54) is 0 Å². The van der Waals surface area contributed by atoms with Gasteiger partial charge in [-0.05, 0) is 31.5 Å². The minimum absolute atomic E-state index is 0.0246. The van der Waals surface area contributed by atoms with Crippen molar-refractivity contribution in [2.24, 2.45) is 0 Å². The van der Waals surface area contributed by atoms with Gasteiger partial charge in [0.15, 0.2) is 0 Å². The van der Waals surface area contributed by atoms with Crippen molar-refractivity contribution in [1.29, 1.82) is 0 Å². The molecule has 0 spiro atoms. The first-order valence-corrected chi connectivity index (χ1v) is 9.38. The molecular formula is C18H18N2O3S. The largest absolute Gasteiger partial charge is 0.386 e. The van der Waals surface area contributed by atoms with Crippen molar-refractivity contribution >= 4 is 20.9 Å². The summed E-state index contributed by atoms with van der Waals surface area (Å²) < 4.78 is 28.2. The van der Waals surface area contributed by atoms with Gasteiger partial charge in [0.05, 0.1) is 17.1 Å². The van der Waals surface area contributed by atoms with Crippen molar-refractivity contribution in [3.63, 3.8) is 0 Å². The average Bonchev–Trinajstić information content (AvgIpc) is 2.94. The van der Waals surface area contributed by atoms with Crippen molar-refractivity contribution in [1.82, 2.24) is 9.55 Å². The minimum Gasteiger partial charge on any atom is -0.386 e. The van der Waals surface area contributed by atoms with E-state index in [1.807, 2.05) is 31.2 Å². The molecule has 1 N–H and O–H groups in total. The van der Waals surface area contributed by atoms with E-state index >= 15 is 0 Å². The van der Waals surface area contributed by atoms with Gasteiger partial charge in [-0.25, -0.2) is 13.4 Å². The predicted molar refractivity (Wildman–Crippen MR) is 91.4 cm³/mol. The van der Waals surface area contributed by atoms with Crippen LogP contribution in [0.3, 0.4) is 0 Å². The van der Waals surface area contributed by atoms with Crippen LogP contribution in [-0.2, 0) is 9.84 Å². The summed E-state index contributed by atoms with van der Waals surface area (Å²) >= 11 is 0. The number of rotatable bonds is 1. The lowest BCUT2D eigenvalue weighted by Crippen LogP contribution is -2.49. The highest BCUT2D eigenvalue weighted by atomic mass is 32.2. The highest BCUT2D eigenvalue weighted by Gasteiger charge is 2.54. The van der Waals surface area contributed by atoms with Gasteiger partial charge in [0.2, 0.25) is 15.0 Å². The summed E-state index contributed by atoms with van der Waals surface area (Å²) in [6, 6.07) is 15.7. The van der Waals surface area contributed by atoms with Crippen molar-refractivity contribution in [2.75, 3.05) is 0 Å². The Morgan fingerprint density at radius 1 is 1.08 bits per heavy atom. The summed E-state index contributed by atoms with van der Waals surface area (Å²) in [6.07, 6.45) is 0. The first kappa shape index (κ1) is 15.4. The van der Waals surface area contributed by atoms with Gasteiger partial charge in [-0.15, -0.1) is 0 Å². The molecule has 0 saturated heterocycles. The van der Waals surface area contributed by atoms with Gasteiger partial charge in [0, 0.05) is 0 Å². The number of aromatic nitrogens is 2. The Bertz CT molecular complexity index is 1020. The van der Waals surface area contributed by atoms with Gasteiger partial charge in [0.25, 0.3) is 0 Å². The molecule has 0 amide bonds. The summed E-state index contributed by atoms with van der Waals surface area (Å²) in [5.41, 5.74) is 0.451. The number of sulfone groups is 1. The summed E-state index contributed by atoms with van der Waals surface area (Å²) in [5, 5.41) is 10.2. The Morgan fingerprint density at radius 2 is 1.71 bits per heavy atom. The third kappa shape index (κ3) is 1.90. The van der Waals surface area contributed by atoms with Crippen molar-refractivity contribution < 1.29 is 13.5 Å². The van der Waals surface area contributed by atoms with Crippen LogP contribution in [0.2, 0.25) is 0 Å². The molecule has 1 aliphatic heterocycles. The van der Waals surface area contributed by atoms with Crippen LogP contribution in [0, 0.1) is 0 Å². The van der Waals surface area contributed by atoms with E-state index in [-0.39, 0.29) is 5.16 Å².